The van der Waals surface area contributed by atoms with Gasteiger partial charge in [-0.3, -0.25) is 0 Å². The van der Waals surface area contributed by atoms with E-state index >= 15 is 0 Å². The molecule has 0 aliphatic heterocycles. The SMILES string of the molecule is Cc1cccc(CC(CBr)c2ccccc2C)c1. The maximum atomic E-state index is 3.66. The van der Waals surface area contributed by atoms with Crippen LogP contribution in [0, 0.1) is 13.8 Å². The van der Waals surface area contributed by atoms with E-state index in [4.69, 9.17) is 0 Å². The largest absolute Gasteiger partial charge is 0.0921 e. The minimum atomic E-state index is 0.549. The second kappa shape index (κ2) is 6.19. The monoisotopic (exact) mass is 302 g/mol. The van der Waals surface area contributed by atoms with Crippen LogP contribution >= 0.6 is 15.9 Å². The van der Waals surface area contributed by atoms with Crippen LogP contribution in [-0.2, 0) is 6.42 Å². The maximum Gasteiger partial charge on any atom is 0.0103 e. The summed E-state index contributed by atoms with van der Waals surface area (Å²) in [6.07, 6.45) is 1.10. The zero-order valence-electron chi connectivity index (χ0n) is 11.0. The van der Waals surface area contributed by atoms with Gasteiger partial charge in [-0.1, -0.05) is 70.0 Å². The lowest BCUT2D eigenvalue weighted by Crippen LogP contribution is -2.06. The maximum absolute atomic E-state index is 3.66. The van der Waals surface area contributed by atoms with Gasteiger partial charge in [-0.15, -0.1) is 0 Å². The molecule has 1 heteroatoms. The zero-order valence-corrected chi connectivity index (χ0v) is 12.6. The van der Waals surface area contributed by atoms with Gasteiger partial charge < -0.3 is 0 Å². The number of benzene rings is 2. The van der Waals surface area contributed by atoms with E-state index in [2.05, 4.69) is 78.3 Å². The van der Waals surface area contributed by atoms with E-state index in [1.165, 1.54) is 22.3 Å². The van der Waals surface area contributed by atoms with Gasteiger partial charge in [0.1, 0.15) is 0 Å². The zero-order chi connectivity index (χ0) is 13.0. The van der Waals surface area contributed by atoms with Crippen molar-refractivity contribution in [3.63, 3.8) is 0 Å². The molecule has 0 fully saturated rings. The first-order valence-electron chi connectivity index (χ1n) is 6.37. The van der Waals surface area contributed by atoms with Gasteiger partial charge in [0.25, 0.3) is 0 Å². The first kappa shape index (κ1) is 13.4. The molecule has 18 heavy (non-hydrogen) atoms. The van der Waals surface area contributed by atoms with E-state index in [0.29, 0.717) is 5.92 Å². The van der Waals surface area contributed by atoms with E-state index in [-0.39, 0.29) is 0 Å². The molecule has 0 N–H and O–H groups in total. The van der Waals surface area contributed by atoms with E-state index in [1.54, 1.807) is 0 Å². The van der Waals surface area contributed by atoms with Gasteiger partial charge in [0.15, 0.2) is 0 Å². The van der Waals surface area contributed by atoms with Crippen molar-refractivity contribution in [2.24, 2.45) is 0 Å². The molecular weight excluding hydrogens is 284 g/mol. The van der Waals surface area contributed by atoms with Crippen LogP contribution in [0.15, 0.2) is 48.5 Å². The molecule has 1 unspecified atom stereocenters. The normalized spacial score (nSPS) is 12.4. The van der Waals surface area contributed by atoms with E-state index in [0.717, 1.165) is 11.8 Å². The van der Waals surface area contributed by atoms with Gasteiger partial charge in [0.2, 0.25) is 0 Å². The summed E-state index contributed by atoms with van der Waals surface area (Å²) >= 11 is 3.66. The molecule has 0 saturated carbocycles. The summed E-state index contributed by atoms with van der Waals surface area (Å²) in [6.45, 7) is 4.35. The lowest BCUT2D eigenvalue weighted by atomic mass is 9.90. The van der Waals surface area contributed by atoms with Gasteiger partial charge >= 0.3 is 0 Å². The van der Waals surface area contributed by atoms with Crippen molar-refractivity contribution in [2.75, 3.05) is 5.33 Å². The molecule has 0 aliphatic carbocycles. The Labute approximate surface area is 118 Å². The Morgan fingerprint density at radius 1 is 1.00 bits per heavy atom. The van der Waals surface area contributed by atoms with Crippen LogP contribution < -0.4 is 0 Å². The van der Waals surface area contributed by atoms with E-state index in [9.17, 15) is 0 Å². The van der Waals surface area contributed by atoms with E-state index in [1.807, 2.05) is 0 Å². The molecule has 0 spiro atoms. The lowest BCUT2D eigenvalue weighted by molar-refractivity contribution is 0.768. The third-order valence-electron chi connectivity index (χ3n) is 3.38. The van der Waals surface area contributed by atoms with Crippen LogP contribution in [0.2, 0.25) is 0 Å². The second-order valence-corrected chi connectivity index (χ2v) is 5.55. The highest BCUT2D eigenvalue weighted by Crippen LogP contribution is 2.26. The predicted octanol–water partition coefficient (Wildman–Crippen LogP) is 5.02. The average molecular weight is 303 g/mol. The Bertz CT molecular complexity index is 517. The average Bonchev–Trinajstić information content (AvgIpc) is 2.37. The highest BCUT2D eigenvalue weighted by molar-refractivity contribution is 9.09. The molecule has 0 heterocycles. The molecule has 2 aromatic carbocycles. The first-order valence-corrected chi connectivity index (χ1v) is 7.50. The first-order chi connectivity index (χ1) is 8.70. The van der Waals surface area contributed by atoms with Crippen LogP contribution in [-0.4, -0.2) is 5.33 Å². The van der Waals surface area contributed by atoms with Crippen molar-refractivity contribution in [3.8, 4) is 0 Å². The molecular formula is C17H19Br. The van der Waals surface area contributed by atoms with Gasteiger partial charge in [-0.05, 0) is 42.9 Å². The van der Waals surface area contributed by atoms with Gasteiger partial charge in [-0.2, -0.15) is 0 Å². The molecule has 0 nitrogen and oxygen atoms in total. The highest BCUT2D eigenvalue weighted by Gasteiger charge is 2.12. The summed E-state index contributed by atoms with van der Waals surface area (Å²) in [4.78, 5) is 0. The fourth-order valence-electron chi connectivity index (χ4n) is 2.42. The van der Waals surface area contributed by atoms with Crippen molar-refractivity contribution in [1.29, 1.82) is 0 Å². The summed E-state index contributed by atoms with van der Waals surface area (Å²) in [7, 11) is 0. The lowest BCUT2D eigenvalue weighted by Gasteiger charge is -2.17. The van der Waals surface area contributed by atoms with Crippen molar-refractivity contribution in [1.82, 2.24) is 0 Å². The van der Waals surface area contributed by atoms with Crippen LogP contribution in [0.1, 0.15) is 28.2 Å². The molecule has 2 rings (SSSR count). The Hall–Kier alpha value is -1.08. The summed E-state index contributed by atoms with van der Waals surface area (Å²) < 4.78 is 0. The number of halogens is 1. The summed E-state index contributed by atoms with van der Waals surface area (Å²) in [5.74, 6) is 0.549. The number of alkyl halides is 1. The molecule has 2 aromatic rings. The van der Waals surface area contributed by atoms with Gasteiger partial charge in [0, 0.05) is 5.33 Å². The fraction of sp³-hybridized carbons (Fsp3) is 0.294. The van der Waals surface area contributed by atoms with Crippen LogP contribution in [0.5, 0.6) is 0 Å². The molecule has 0 radical (unpaired) electrons. The molecule has 0 aliphatic rings. The highest BCUT2D eigenvalue weighted by atomic mass is 79.9. The van der Waals surface area contributed by atoms with Crippen molar-refractivity contribution >= 4 is 15.9 Å². The Morgan fingerprint density at radius 3 is 2.44 bits per heavy atom. The van der Waals surface area contributed by atoms with Crippen molar-refractivity contribution in [2.45, 2.75) is 26.2 Å². The van der Waals surface area contributed by atoms with Gasteiger partial charge in [0.05, 0.1) is 0 Å². The van der Waals surface area contributed by atoms with Crippen LogP contribution in [0.25, 0.3) is 0 Å². The molecule has 1 atom stereocenters. The minimum Gasteiger partial charge on any atom is -0.0921 e. The number of hydrogen-bond donors (Lipinski definition) is 0. The minimum absolute atomic E-state index is 0.549. The second-order valence-electron chi connectivity index (χ2n) is 4.90. The summed E-state index contributed by atoms with van der Waals surface area (Å²) in [6, 6.07) is 17.5. The Kier molecular flexibility index (Phi) is 4.60. The van der Waals surface area contributed by atoms with E-state index < -0.39 is 0 Å². The van der Waals surface area contributed by atoms with Crippen LogP contribution in [0.4, 0.5) is 0 Å². The molecule has 0 saturated heterocycles. The smallest absolute Gasteiger partial charge is 0.0103 e. The summed E-state index contributed by atoms with van der Waals surface area (Å²) in [5, 5.41) is 1.01. The standard InChI is InChI=1S/C17H19Br/c1-13-6-5-8-15(10-13)11-16(12-18)17-9-4-3-7-14(17)2/h3-10,16H,11-12H2,1-2H3. The van der Waals surface area contributed by atoms with Crippen molar-refractivity contribution in [3.05, 3.63) is 70.8 Å². The molecule has 0 aromatic heterocycles. The molecule has 0 bridgehead atoms. The van der Waals surface area contributed by atoms with Crippen LogP contribution in [0.3, 0.4) is 0 Å². The predicted molar refractivity (Wildman–Crippen MR) is 82.6 cm³/mol. The third-order valence-corrected chi connectivity index (χ3v) is 4.16. The van der Waals surface area contributed by atoms with Gasteiger partial charge in [-0.25, -0.2) is 0 Å². The Balaban J connectivity index is 2.23. The number of hydrogen-bond acceptors (Lipinski definition) is 0. The third kappa shape index (κ3) is 3.23. The topological polar surface area (TPSA) is 0 Å². The quantitative estimate of drug-likeness (QED) is 0.695. The molecule has 94 valence electrons. The number of aryl methyl sites for hydroxylation is 2. The van der Waals surface area contributed by atoms with Crippen molar-refractivity contribution < 1.29 is 0 Å². The number of rotatable bonds is 4. The fourth-order valence-corrected chi connectivity index (χ4v) is 2.99. The Morgan fingerprint density at radius 2 is 1.78 bits per heavy atom. The molecule has 0 amide bonds. The summed E-state index contributed by atoms with van der Waals surface area (Å²) in [5.41, 5.74) is 5.60.